The molecule has 129 heavy (non-hydrogen) atoms. The molecule has 0 saturated heterocycles. The predicted molar refractivity (Wildman–Crippen MR) is 532 cm³/mol. The number of thiazole rings is 3. The summed E-state index contributed by atoms with van der Waals surface area (Å²) in [5.41, 5.74) is 25.0. The van der Waals surface area contributed by atoms with E-state index in [0.717, 1.165) is 137 Å². The van der Waals surface area contributed by atoms with E-state index in [9.17, 15) is 0 Å². The number of nitrogens with zero attached hydrogens (tertiary/aromatic N) is 15. The maximum atomic E-state index is 5.18. The van der Waals surface area contributed by atoms with Crippen molar-refractivity contribution in [1.82, 2.24) is 72.3 Å². The van der Waals surface area contributed by atoms with Crippen LogP contribution in [0.5, 0.6) is 0 Å². The number of benzene rings is 12. The molecule has 0 unspecified atom stereocenters. The van der Waals surface area contributed by atoms with Crippen LogP contribution in [0.15, 0.2) is 419 Å². The minimum Gasteiger partial charge on any atom is -0.309 e. The molecule has 0 saturated carbocycles. The Morgan fingerprint density at radius 3 is 0.806 bits per heavy atom. The quantitative estimate of drug-likeness (QED) is 0.117. The summed E-state index contributed by atoms with van der Waals surface area (Å²) < 4.78 is 14.3. The minimum atomic E-state index is 0.834. The molecule has 0 bridgehead atoms. The third-order valence-corrected chi connectivity index (χ3v) is 27.4. The van der Waals surface area contributed by atoms with Gasteiger partial charge in [-0.1, -0.05) is 246 Å². The van der Waals surface area contributed by atoms with E-state index >= 15 is 0 Å². The SMILES string of the molecule is c1ccc(-n2c3ccccc3c3c2ccc2c4ccccc4n(-c4sc(-c5ccccn5)nc4-c4ccccn4)c23)cc1.c1ccc(-n2c3ccccc3c3cc4c(cc32)c2ccccc2n4-c2sc(-c3ccccn3)nc2-c2ccccn2)cc1.c1ccc(-n2c3ccccc3c3ccc4c(c5ccccc5n4-c4sc(-c5ccccn5)nc4-c4ccccn4)c32)cc1. The average molecular weight is 1710 g/mol. The first kappa shape index (κ1) is 74.8. The Balaban J connectivity index is 0.000000105. The summed E-state index contributed by atoms with van der Waals surface area (Å²) in [7, 11) is 0. The summed E-state index contributed by atoms with van der Waals surface area (Å²) in [6.45, 7) is 0. The minimum absolute atomic E-state index is 0.834. The van der Waals surface area contributed by atoms with Crippen LogP contribution in [0.2, 0.25) is 0 Å². The highest BCUT2D eigenvalue weighted by Gasteiger charge is 2.30. The lowest BCUT2D eigenvalue weighted by atomic mass is 10.1. The van der Waals surface area contributed by atoms with Gasteiger partial charge in [0.1, 0.15) is 47.1 Å². The largest absolute Gasteiger partial charge is 0.309 e. The van der Waals surface area contributed by atoms with E-state index < -0.39 is 0 Å². The molecule has 0 aliphatic heterocycles. The molecule has 0 spiro atoms. The highest BCUT2D eigenvalue weighted by Crippen LogP contribution is 2.50. The van der Waals surface area contributed by atoms with Gasteiger partial charge in [-0.05, 0) is 170 Å². The van der Waals surface area contributed by atoms with E-state index in [4.69, 9.17) is 29.9 Å². The summed E-state index contributed by atoms with van der Waals surface area (Å²) in [5, 5.41) is 20.2. The molecule has 0 radical (unpaired) electrons. The van der Waals surface area contributed by atoms with Gasteiger partial charge in [-0.3, -0.25) is 43.6 Å². The van der Waals surface area contributed by atoms with Crippen LogP contribution in [0.3, 0.4) is 0 Å². The average Bonchev–Trinajstić information content (AvgIpc) is 1.54. The van der Waals surface area contributed by atoms with Crippen LogP contribution < -0.4 is 0 Å². The molecule has 0 aliphatic rings. The Morgan fingerprint density at radius 2 is 0.426 bits per heavy atom. The fourth-order valence-electron chi connectivity index (χ4n) is 18.8. The zero-order valence-corrected chi connectivity index (χ0v) is 71.2. The van der Waals surface area contributed by atoms with Crippen molar-refractivity contribution in [3.63, 3.8) is 0 Å². The lowest BCUT2D eigenvalue weighted by molar-refractivity contribution is 1.18. The first-order valence-corrected chi connectivity index (χ1v) is 45.1. The molecule has 27 rings (SSSR count). The Hall–Kier alpha value is -16.8. The van der Waals surface area contributed by atoms with Gasteiger partial charge in [0.25, 0.3) is 0 Å². The van der Waals surface area contributed by atoms with Crippen molar-refractivity contribution < 1.29 is 0 Å². The highest BCUT2D eigenvalue weighted by atomic mass is 32.1. The number of hydrogen-bond donors (Lipinski definition) is 0. The van der Waals surface area contributed by atoms with E-state index in [1.165, 1.54) is 92.2 Å². The monoisotopic (exact) mass is 1710 g/mol. The molecule has 15 heterocycles. The van der Waals surface area contributed by atoms with Crippen molar-refractivity contribution in [1.29, 1.82) is 0 Å². The van der Waals surface area contributed by atoms with Gasteiger partial charge in [0, 0.05) is 119 Å². The van der Waals surface area contributed by atoms with Crippen molar-refractivity contribution in [2.75, 3.05) is 0 Å². The van der Waals surface area contributed by atoms with E-state index in [0.29, 0.717) is 0 Å². The molecule has 0 N–H and O–H groups in total. The van der Waals surface area contributed by atoms with Crippen LogP contribution in [0.1, 0.15) is 0 Å². The van der Waals surface area contributed by atoms with E-state index in [1.807, 2.05) is 146 Å². The van der Waals surface area contributed by atoms with Gasteiger partial charge < -0.3 is 13.7 Å². The Morgan fingerprint density at radius 1 is 0.171 bits per heavy atom. The molecule has 27 aromatic rings. The normalized spacial score (nSPS) is 11.7. The van der Waals surface area contributed by atoms with Crippen LogP contribution in [-0.2, 0) is 0 Å². The number of para-hydroxylation sites is 9. The molecule has 15 nitrogen and oxygen atoms in total. The van der Waals surface area contributed by atoms with Gasteiger partial charge in [-0.2, -0.15) is 0 Å². The second-order valence-electron chi connectivity index (χ2n) is 31.5. The van der Waals surface area contributed by atoms with Crippen LogP contribution >= 0.6 is 34.0 Å². The Bertz CT molecular complexity index is 8970. The Labute approximate surface area is 749 Å². The van der Waals surface area contributed by atoms with Gasteiger partial charge in [0.2, 0.25) is 0 Å². The van der Waals surface area contributed by atoms with E-state index in [2.05, 4.69) is 315 Å². The summed E-state index contributed by atoms with van der Waals surface area (Å²) in [5.74, 6) is 0. The first-order valence-electron chi connectivity index (χ1n) is 42.6. The summed E-state index contributed by atoms with van der Waals surface area (Å²) in [6, 6.07) is 134. The number of pyridine rings is 6. The number of fused-ring (bicyclic) bond motifs is 20. The van der Waals surface area contributed by atoms with E-state index in [-0.39, 0.29) is 0 Å². The second-order valence-corrected chi connectivity index (χ2v) is 34.5. The van der Waals surface area contributed by atoms with Crippen molar-refractivity contribution in [2.24, 2.45) is 0 Å². The maximum Gasteiger partial charge on any atom is 0.144 e. The summed E-state index contributed by atoms with van der Waals surface area (Å²) in [4.78, 5) is 43.6. The lowest BCUT2D eigenvalue weighted by Gasteiger charge is -2.10. The third kappa shape index (κ3) is 12.4. The number of rotatable bonds is 12. The smallest absolute Gasteiger partial charge is 0.144 e. The van der Waals surface area contributed by atoms with Gasteiger partial charge in [-0.25, -0.2) is 15.0 Å². The third-order valence-electron chi connectivity index (χ3n) is 24.3. The topological polar surface area (TPSA) is 146 Å². The van der Waals surface area contributed by atoms with E-state index in [1.54, 1.807) is 34.0 Å². The number of aromatic nitrogens is 15. The maximum absolute atomic E-state index is 5.18. The van der Waals surface area contributed by atoms with Crippen LogP contribution in [0.25, 0.3) is 229 Å². The molecule has 12 aromatic carbocycles. The van der Waals surface area contributed by atoms with Gasteiger partial charge in [0.15, 0.2) is 0 Å². The molecule has 0 aliphatic carbocycles. The second kappa shape index (κ2) is 31.2. The summed E-state index contributed by atoms with van der Waals surface area (Å²) >= 11 is 4.95. The predicted octanol–water partition coefficient (Wildman–Crippen LogP) is 28.4. The van der Waals surface area contributed by atoms with Gasteiger partial charge >= 0.3 is 0 Å². The lowest BCUT2D eigenvalue weighted by Crippen LogP contribution is -1.96. The standard InChI is InChI=1S/3C37H23N5S/c1-2-12-24(13-3-1)41-31-19-7-5-15-27(31)33-32(41)21-20-26-25-14-4-6-18-30(25)42(35(26)33)37-34(28-16-8-10-22-38-28)40-36(43-37)29-17-9-11-23-39-29;1-2-12-24(13-3-1)41-30-18-6-4-14-25(30)26-20-21-32-33(35(26)41)27-15-5-7-19-31(27)42(32)37-34(28-16-8-10-22-38-28)40-36(43-37)29-17-9-11-23-39-29;1-2-12-24(13-3-1)41-31-18-6-4-14-25(31)27-23-34-28(22-33(27)41)26-15-5-7-19-32(26)42(34)37-35(29-16-8-10-20-38-29)40-36(43-37)30-17-9-11-21-39-30/h3*1-23H. The molecule has 18 heteroatoms. The molecular formula is C111H69N15S3. The van der Waals surface area contributed by atoms with Crippen molar-refractivity contribution in [3.05, 3.63) is 419 Å². The molecule has 606 valence electrons. The fourth-order valence-corrected chi connectivity index (χ4v) is 22.1. The molecule has 15 aromatic heterocycles. The molecule has 0 atom stereocenters. The van der Waals surface area contributed by atoms with Crippen LogP contribution in [0.4, 0.5) is 0 Å². The van der Waals surface area contributed by atoms with Gasteiger partial charge in [-0.15, -0.1) is 0 Å². The van der Waals surface area contributed by atoms with Crippen molar-refractivity contribution >= 4 is 165 Å². The van der Waals surface area contributed by atoms with Crippen LogP contribution in [-0.4, -0.2) is 72.3 Å². The van der Waals surface area contributed by atoms with Crippen molar-refractivity contribution in [3.8, 4) is 98.3 Å². The van der Waals surface area contributed by atoms with Gasteiger partial charge in [0.05, 0.1) is 100 Å². The molecule has 0 fully saturated rings. The summed E-state index contributed by atoms with van der Waals surface area (Å²) in [6.07, 6.45) is 10.9. The Kier molecular flexibility index (Phi) is 18.1. The van der Waals surface area contributed by atoms with Crippen molar-refractivity contribution in [2.45, 2.75) is 0 Å². The first-order chi connectivity index (χ1) is 64.1. The highest BCUT2D eigenvalue weighted by molar-refractivity contribution is 7.18. The molecule has 0 amide bonds. The zero-order valence-electron chi connectivity index (χ0n) is 68.8. The zero-order chi connectivity index (χ0) is 85.0. The molecular weight excluding hydrogens is 1640 g/mol. The fraction of sp³-hybridized carbons (Fsp3) is 0. The van der Waals surface area contributed by atoms with Crippen LogP contribution in [0, 0.1) is 0 Å². The number of hydrogen-bond acceptors (Lipinski definition) is 12.